The van der Waals surface area contributed by atoms with Crippen molar-refractivity contribution >= 4 is 22.4 Å². The Balaban J connectivity index is 2.15. The highest BCUT2D eigenvalue weighted by Gasteiger charge is 2.68. The van der Waals surface area contributed by atoms with Crippen molar-refractivity contribution in [3.05, 3.63) is 36.4 Å². The molecule has 3 rings (SSSR count). The van der Waals surface area contributed by atoms with Crippen molar-refractivity contribution in [1.29, 1.82) is 0 Å². The summed E-state index contributed by atoms with van der Waals surface area (Å²) < 4.78 is 12.0. The van der Waals surface area contributed by atoms with Crippen molar-refractivity contribution in [1.82, 2.24) is 0 Å². The molecule has 1 amide bonds. The van der Waals surface area contributed by atoms with Gasteiger partial charge in [-0.25, -0.2) is 0 Å². The molecule has 0 bridgehead atoms. The number of nitrogens with zero attached hydrogens (tertiary/aromatic N) is 1. The van der Waals surface area contributed by atoms with Gasteiger partial charge in [0.2, 0.25) is 5.91 Å². The molecule has 4 heteroatoms. The van der Waals surface area contributed by atoms with E-state index in [4.69, 9.17) is 0 Å². The van der Waals surface area contributed by atoms with Crippen molar-refractivity contribution in [2.45, 2.75) is 23.0 Å². The van der Waals surface area contributed by atoms with E-state index in [1.165, 1.54) is 0 Å². The number of benzene rings is 1. The molecule has 1 saturated carbocycles. The molecule has 3 nitrogen and oxygen atoms in total. The van der Waals surface area contributed by atoms with Crippen LogP contribution in [-0.2, 0) is 15.6 Å². The van der Waals surface area contributed by atoms with Crippen molar-refractivity contribution in [3.8, 4) is 0 Å². The van der Waals surface area contributed by atoms with Crippen LogP contribution in [0, 0.1) is 5.92 Å². The first-order valence-electron chi connectivity index (χ1n) is 5.94. The summed E-state index contributed by atoms with van der Waals surface area (Å²) in [5.41, 5.74) is 1.71. The monoisotopic (exact) mass is 261 g/mol. The first kappa shape index (κ1) is 11.7. The normalized spacial score (nSPS) is 33.4. The number of amides is 1. The zero-order valence-electron chi connectivity index (χ0n) is 10.5. The zero-order valence-corrected chi connectivity index (χ0v) is 11.3. The van der Waals surface area contributed by atoms with Crippen molar-refractivity contribution in [2.75, 3.05) is 11.9 Å². The summed E-state index contributed by atoms with van der Waals surface area (Å²) in [5.74, 6) is 0.0224. The number of hydrogen-bond donors (Lipinski definition) is 0. The van der Waals surface area contributed by atoms with Crippen LogP contribution in [0.15, 0.2) is 41.3 Å². The Morgan fingerprint density at radius 2 is 2.17 bits per heavy atom. The van der Waals surface area contributed by atoms with Gasteiger partial charge in [0.1, 0.15) is 4.75 Å². The number of para-hydroxylation sites is 1. The SMILES string of the molecule is C=C(C)[C@@H]1C[C@@]12C(=O)N(C)c1ccccc1[S@@]2=O. The van der Waals surface area contributed by atoms with E-state index in [2.05, 4.69) is 6.58 Å². The minimum atomic E-state index is -1.27. The fourth-order valence-electron chi connectivity index (χ4n) is 2.82. The summed E-state index contributed by atoms with van der Waals surface area (Å²) in [6, 6.07) is 7.42. The van der Waals surface area contributed by atoms with Crippen LogP contribution in [0.3, 0.4) is 0 Å². The maximum Gasteiger partial charge on any atom is 0.246 e. The van der Waals surface area contributed by atoms with Crippen molar-refractivity contribution in [2.24, 2.45) is 5.92 Å². The molecule has 18 heavy (non-hydrogen) atoms. The number of carbonyl (C=O) groups excluding carboxylic acids is 1. The Morgan fingerprint density at radius 1 is 1.50 bits per heavy atom. The molecule has 1 aromatic rings. The highest BCUT2D eigenvalue weighted by atomic mass is 32.2. The molecular formula is C14H15NO2S. The summed E-state index contributed by atoms with van der Waals surface area (Å²) in [6.07, 6.45) is 0.659. The third-order valence-corrected chi connectivity index (χ3v) is 5.96. The standard InChI is InChI=1S/C14H15NO2S/c1-9(2)10-8-14(10)13(16)15(3)11-6-4-5-7-12(11)18(14)17/h4-7,10H,1,8H2,2-3H3/t10-,14-,18-/m0/s1. The van der Waals surface area contributed by atoms with Crippen molar-refractivity contribution < 1.29 is 9.00 Å². The van der Waals surface area contributed by atoms with Gasteiger partial charge in [-0.1, -0.05) is 24.3 Å². The van der Waals surface area contributed by atoms with Gasteiger partial charge < -0.3 is 4.90 Å². The first-order chi connectivity index (χ1) is 8.50. The predicted molar refractivity (Wildman–Crippen MR) is 71.9 cm³/mol. The third-order valence-electron chi connectivity index (χ3n) is 3.93. The lowest BCUT2D eigenvalue weighted by atomic mass is 10.1. The summed E-state index contributed by atoms with van der Waals surface area (Å²) in [5, 5.41) is 0. The molecule has 1 spiro atoms. The number of hydrogen-bond acceptors (Lipinski definition) is 2. The molecule has 0 saturated heterocycles. The smallest absolute Gasteiger partial charge is 0.246 e. The highest BCUT2D eigenvalue weighted by Crippen LogP contribution is 2.58. The van der Waals surface area contributed by atoms with E-state index in [0.717, 1.165) is 16.2 Å². The van der Waals surface area contributed by atoms with E-state index in [1.807, 2.05) is 31.2 Å². The van der Waals surface area contributed by atoms with Gasteiger partial charge in [-0.3, -0.25) is 9.00 Å². The van der Waals surface area contributed by atoms with Crippen molar-refractivity contribution in [3.63, 3.8) is 0 Å². The van der Waals surface area contributed by atoms with Crippen LogP contribution in [0.4, 0.5) is 5.69 Å². The zero-order chi connectivity index (χ0) is 13.1. The predicted octanol–water partition coefficient (Wildman–Crippen LogP) is 2.11. The second-order valence-corrected chi connectivity index (χ2v) is 6.80. The Labute approximate surface area is 109 Å². The number of carbonyl (C=O) groups is 1. The topological polar surface area (TPSA) is 37.4 Å². The van der Waals surface area contributed by atoms with Gasteiger partial charge in [0.15, 0.2) is 0 Å². The van der Waals surface area contributed by atoms with E-state index in [0.29, 0.717) is 6.42 Å². The largest absolute Gasteiger partial charge is 0.313 e. The average molecular weight is 261 g/mol. The quantitative estimate of drug-likeness (QED) is 0.726. The van der Waals surface area contributed by atoms with Gasteiger partial charge in [0.25, 0.3) is 0 Å². The van der Waals surface area contributed by atoms with E-state index in [1.54, 1.807) is 11.9 Å². The minimum Gasteiger partial charge on any atom is -0.313 e. The molecule has 94 valence electrons. The number of anilines is 1. The lowest BCUT2D eigenvalue weighted by Crippen LogP contribution is -2.46. The Kier molecular flexibility index (Phi) is 2.29. The minimum absolute atomic E-state index is 0.0347. The molecule has 1 aliphatic carbocycles. The third kappa shape index (κ3) is 1.24. The summed E-state index contributed by atoms with van der Waals surface area (Å²) in [7, 11) is 0.489. The molecule has 1 fully saturated rings. The Hall–Kier alpha value is -1.42. The molecule has 1 heterocycles. The molecule has 0 aromatic heterocycles. The number of rotatable bonds is 1. The fraction of sp³-hybridized carbons (Fsp3) is 0.357. The van der Waals surface area contributed by atoms with Gasteiger partial charge in [0, 0.05) is 13.0 Å². The fourth-order valence-corrected chi connectivity index (χ4v) is 4.88. The van der Waals surface area contributed by atoms with E-state index < -0.39 is 15.5 Å². The van der Waals surface area contributed by atoms with Gasteiger partial charge >= 0.3 is 0 Å². The first-order valence-corrected chi connectivity index (χ1v) is 7.09. The van der Waals surface area contributed by atoms with Gasteiger partial charge in [-0.2, -0.15) is 0 Å². The van der Waals surface area contributed by atoms with Crippen LogP contribution in [0.2, 0.25) is 0 Å². The maximum absolute atomic E-state index is 12.7. The number of allylic oxidation sites excluding steroid dienone is 1. The van der Waals surface area contributed by atoms with E-state index >= 15 is 0 Å². The highest BCUT2D eigenvalue weighted by molar-refractivity contribution is 7.88. The molecule has 1 aromatic carbocycles. The molecular weight excluding hydrogens is 246 g/mol. The summed E-state index contributed by atoms with van der Waals surface area (Å²) in [6.45, 7) is 5.82. The molecule has 3 atom stereocenters. The van der Waals surface area contributed by atoms with Crippen LogP contribution in [0.25, 0.3) is 0 Å². The summed E-state index contributed by atoms with van der Waals surface area (Å²) >= 11 is 0. The average Bonchev–Trinajstić information content (AvgIpc) is 3.11. The molecule has 0 radical (unpaired) electrons. The van der Waals surface area contributed by atoms with E-state index in [9.17, 15) is 9.00 Å². The molecule has 1 aliphatic heterocycles. The molecule has 2 aliphatic rings. The van der Waals surface area contributed by atoms with Crippen LogP contribution < -0.4 is 4.90 Å². The second kappa shape index (κ2) is 3.54. The number of fused-ring (bicyclic) bond motifs is 1. The van der Waals surface area contributed by atoms with Gasteiger partial charge in [-0.05, 0) is 25.5 Å². The summed E-state index contributed by atoms with van der Waals surface area (Å²) in [4.78, 5) is 14.9. The van der Waals surface area contributed by atoms with Crippen LogP contribution >= 0.6 is 0 Å². The van der Waals surface area contributed by atoms with Crippen LogP contribution in [0.1, 0.15) is 13.3 Å². The Bertz CT molecular complexity index is 595. The van der Waals surface area contributed by atoms with Gasteiger partial charge in [-0.15, -0.1) is 0 Å². The van der Waals surface area contributed by atoms with Gasteiger partial charge in [0.05, 0.1) is 21.4 Å². The maximum atomic E-state index is 12.7. The Morgan fingerprint density at radius 3 is 2.78 bits per heavy atom. The second-order valence-electron chi connectivity index (χ2n) is 5.09. The lowest BCUT2D eigenvalue weighted by molar-refractivity contribution is -0.118. The van der Waals surface area contributed by atoms with Crippen LogP contribution in [-0.4, -0.2) is 21.9 Å². The van der Waals surface area contributed by atoms with E-state index in [-0.39, 0.29) is 11.8 Å². The molecule has 0 N–H and O–H groups in total. The van der Waals surface area contributed by atoms with Crippen LogP contribution in [0.5, 0.6) is 0 Å². The molecule has 0 unspecified atom stereocenters. The lowest BCUT2D eigenvalue weighted by Gasteiger charge is -2.31.